The summed E-state index contributed by atoms with van der Waals surface area (Å²) in [4.78, 5) is 4.50. The van der Waals surface area contributed by atoms with Crippen molar-refractivity contribution in [3.8, 4) is 0 Å². The lowest BCUT2D eigenvalue weighted by molar-refractivity contribution is 0.591. The highest BCUT2D eigenvalue weighted by atomic mass is 32.2. The number of hydrogen-bond donors (Lipinski definition) is 1. The van der Waals surface area contributed by atoms with Crippen LogP contribution < -0.4 is 9.62 Å². The molecule has 1 heterocycles. The average molecular weight is 404 g/mol. The van der Waals surface area contributed by atoms with Gasteiger partial charge in [0.05, 0.1) is 5.69 Å². The van der Waals surface area contributed by atoms with Crippen molar-refractivity contribution in [3.63, 3.8) is 0 Å². The van der Waals surface area contributed by atoms with Crippen molar-refractivity contribution in [2.24, 2.45) is 0 Å². The maximum atomic E-state index is 13.1. The number of nitrogens with one attached hydrogen (secondary N) is 1. The van der Waals surface area contributed by atoms with E-state index in [4.69, 9.17) is 0 Å². The second kappa shape index (κ2) is 7.93. The highest BCUT2D eigenvalue weighted by Gasteiger charge is 2.23. The summed E-state index contributed by atoms with van der Waals surface area (Å²) in [7, 11) is -3.69. The lowest BCUT2D eigenvalue weighted by atomic mass is 10.1. The number of fused-ring (bicyclic) bond motifs is 1. The van der Waals surface area contributed by atoms with Crippen LogP contribution in [0.3, 0.4) is 0 Å². The molecule has 6 heteroatoms. The lowest BCUT2D eigenvalue weighted by Crippen LogP contribution is -2.30. The Morgan fingerprint density at radius 2 is 1.59 bits per heavy atom. The molecule has 0 bridgehead atoms. The lowest BCUT2D eigenvalue weighted by Gasteiger charge is -2.22. The molecule has 0 unspecified atom stereocenters. The third kappa shape index (κ3) is 3.79. The molecule has 0 fully saturated rings. The summed E-state index contributed by atoms with van der Waals surface area (Å²) >= 11 is 0. The van der Waals surface area contributed by atoms with Crippen molar-refractivity contribution in [1.29, 1.82) is 0 Å². The Hall–Kier alpha value is -3.38. The Morgan fingerprint density at radius 3 is 2.31 bits per heavy atom. The van der Waals surface area contributed by atoms with Gasteiger partial charge in [0.15, 0.2) is 0 Å². The highest BCUT2D eigenvalue weighted by molar-refractivity contribution is 7.92. The van der Waals surface area contributed by atoms with Crippen LogP contribution in [-0.4, -0.2) is 19.9 Å². The second-order valence-corrected chi connectivity index (χ2v) is 8.40. The molecule has 0 saturated heterocycles. The summed E-state index contributed by atoms with van der Waals surface area (Å²) in [5, 5.41) is 5.48. The zero-order valence-corrected chi connectivity index (χ0v) is 16.8. The fourth-order valence-electron chi connectivity index (χ4n) is 3.29. The van der Waals surface area contributed by atoms with E-state index < -0.39 is 10.0 Å². The minimum atomic E-state index is -3.69. The highest BCUT2D eigenvalue weighted by Crippen LogP contribution is 2.27. The van der Waals surface area contributed by atoms with Gasteiger partial charge in [0, 0.05) is 23.8 Å². The zero-order chi connectivity index (χ0) is 20.3. The summed E-state index contributed by atoms with van der Waals surface area (Å²) in [6.45, 7) is 2.15. The normalized spacial score (nSPS) is 11.3. The van der Waals surface area contributed by atoms with Gasteiger partial charge in [-0.15, -0.1) is 0 Å². The first-order valence-electron chi connectivity index (χ1n) is 9.38. The number of aromatic nitrogens is 1. The van der Waals surface area contributed by atoms with Crippen LogP contribution in [0, 0.1) is 0 Å². The molecule has 0 radical (unpaired) electrons. The molecular formula is C23H21N3O2S. The fourth-order valence-corrected chi connectivity index (χ4v) is 4.71. The molecule has 5 nitrogen and oxygen atoms in total. The molecule has 0 atom stereocenters. The van der Waals surface area contributed by atoms with Crippen LogP contribution >= 0.6 is 0 Å². The first-order valence-corrected chi connectivity index (χ1v) is 10.8. The maximum absolute atomic E-state index is 13.1. The van der Waals surface area contributed by atoms with E-state index in [1.54, 1.807) is 24.3 Å². The smallest absolute Gasteiger partial charge is 0.265 e. The molecule has 3 aromatic carbocycles. The minimum Gasteiger partial charge on any atom is -0.340 e. The van der Waals surface area contributed by atoms with Crippen molar-refractivity contribution in [2.75, 3.05) is 16.2 Å². The van der Waals surface area contributed by atoms with Gasteiger partial charge >= 0.3 is 0 Å². The van der Waals surface area contributed by atoms with E-state index in [0.29, 0.717) is 18.1 Å². The molecule has 0 saturated carbocycles. The first-order chi connectivity index (χ1) is 14.1. The molecule has 146 valence electrons. The number of hydrogen-bond acceptors (Lipinski definition) is 4. The van der Waals surface area contributed by atoms with E-state index in [-0.39, 0.29) is 4.90 Å². The Labute approximate surface area is 170 Å². The molecule has 0 aliphatic rings. The van der Waals surface area contributed by atoms with E-state index in [0.717, 1.165) is 16.5 Å². The molecule has 0 amide bonds. The summed E-state index contributed by atoms with van der Waals surface area (Å²) in [5.41, 5.74) is 1.55. The molecule has 1 N–H and O–H groups in total. The predicted octanol–water partition coefficient (Wildman–Crippen LogP) is 5.19. The van der Waals surface area contributed by atoms with Crippen molar-refractivity contribution < 1.29 is 8.42 Å². The Balaban J connectivity index is 1.62. The maximum Gasteiger partial charge on any atom is 0.265 e. The van der Waals surface area contributed by atoms with Gasteiger partial charge in [0.25, 0.3) is 10.0 Å². The van der Waals surface area contributed by atoms with E-state index in [1.807, 2.05) is 67.6 Å². The zero-order valence-electron chi connectivity index (χ0n) is 16.0. The van der Waals surface area contributed by atoms with Crippen molar-refractivity contribution >= 4 is 38.0 Å². The minimum absolute atomic E-state index is 0.159. The average Bonchev–Trinajstić information content (AvgIpc) is 2.75. The van der Waals surface area contributed by atoms with E-state index >= 15 is 0 Å². The molecule has 0 aliphatic heterocycles. The quantitative estimate of drug-likeness (QED) is 0.481. The van der Waals surface area contributed by atoms with Crippen LogP contribution in [-0.2, 0) is 10.0 Å². The van der Waals surface area contributed by atoms with Gasteiger partial charge < -0.3 is 5.32 Å². The van der Waals surface area contributed by atoms with Gasteiger partial charge in [0.1, 0.15) is 10.7 Å². The number of pyridine rings is 1. The molecule has 1 aromatic heterocycles. The van der Waals surface area contributed by atoms with E-state index in [2.05, 4.69) is 10.3 Å². The SMILES string of the molecule is CCN(c1ccccc1)S(=O)(=O)c1ccc(Nc2cccc3ccccc23)nc1. The van der Waals surface area contributed by atoms with Crippen LogP contribution in [0.4, 0.5) is 17.2 Å². The number of sulfonamides is 1. The van der Waals surface area contributed by atoms with Crippen molar-refractivity contribution in [2.45, 2.75) is 11.8 Å². The molecule has 4 rings (SSSR count). The van der Waals surface area contributed by atoms with Crippen LogP contribution in [0.15, 0.2) is 96.0 Å². The summed E-state index contributed by atoms with van der Waals surface area (Å²) in [6, 6.07) is 26.4. The Bertz CT molecular complexity index is 1220. The van der Waals surface area contributed by atoms with Crippen LogP contribution in [0.5, 0.6) is 0 Å². The summed E-state index contributed by atoms with van der Waals surface area (Å²) < 4.78 is 27.5. The molecule has 29 heavy (non-hydrogen) atoms. The van der Waals surface area contributed by atoms with Crippen LogP contribution in [0.1, 0.15) is 6.92 Å². The number of benzene rings is 3. The van der Waals surface area contributed by atoms with Crippen molar-refractivity contribution in [3.05, 3.63) is 91.1 Å². The third-order valence-corrected chi connectivity index (χ3v) is 6.59. The van der Waals surface area contributed by atoms with Crippen molar-refractivity contribution in [1.82, 2.24) is 4.98 Å². The summed E-state index contributed by atoms with van der Waals surface area (Å²) in [6.07, 6.45) is 1.40. The van der Waals surface area contributed by atoms with Gasteiger partial charge in [-0.1, -0.05) is 54.6 Å². The number of anilines is 3. The second-order valence-electron chi connectivity index (χ2n) is 6.54. The number of para-hydroxylation sites is 1. The van der Waals surface area contributed by atoms with E-state index in [1.165, 1.54) is 10.5 Å². The summed E-state index contributed by atoms with van der Waals surface area (Å²) in [5.74, 6) is 0.586. The Morgan fingerprint density at radius 1 is 0.862 bits per heavy atom. The van der Waals surface area contributed by atoms with Gasteiger partial charge in [-0.25, -0.2) is 13.4 Å². The molecule has 4 aromatic rings. The van der Waals surface area contributed by atoms with Gasteiger partial charge in [-0.3, -0.25) is 4.31 Å². The van der Waals surface area contributed by atoms with E-state index in [9.17, 15) is 8.42 Å². The largest absolute Gasteiger partial charge is 0.340 e. The topological polar surface area (TPSA) is 62.3 Å². The Kier molecular flexibility index (Phi) is 5.18. The standard InChI is InChI=1S/C23H21N3O2S/c1-2-26(19-11-4-3-5-12-19)29(27,28)20-15-16-23(24-17-20)25-22-14-8-10-18-9-6-7-13-21(18)22/h3-17H,2H2,1H3,(H,24,25). The molecule has 0 aliphatic carbocycles. The first kappa shape index (κ1) is 19.0. The van der Waals surface area contributed by atoms with Gasteiger partial charge in [-0.2, -0.15) is 0 Å². The third-order valence-electron chi connectivity index (χ3n) is 4.71. The molecular weight excluding hydrogens is 382 g/mol. The van der Waals surface area contributed by atoms with Crippen LogP contribution in [0.25, 0.3) is 10.8 Å². The van der Waals surface area contributed by atoms with Gasteiger partial charge in [-0.05, 0) is 42.6 Å². The van der Waals surface area contributed by atoms with Crippen LogP contribution in [0.2, 0.25) is 0 Å². The monoisotopic (exact) mass is 403 g/mol. The number of rotatable bonds is 6. The fraction of sp³-hybridized carbons (Fsp3) is 0.0870. The van der Waals surface area contributed by atoms with Gasteiger partial charge in [0.2, 0.25) is 0 Å². The predicted molar refractivity (Wildman–Crippen MR) is 118 cm³/mol. The molecule has 0 spiro atoms. The number of nitrogens with zero attached hydrogens (tertiary/aromatic N) is 2.